The first-order valence-electron chi connectivity index (χ1n) is 7.27. The molecule has 1 N–H and O–H groups in total. The molecule has 2 rings (SSSR count). The van der Waals surface area contributed by atoms with Crippen LogP contribution < -0.4 is 5.32 Å². The lowest BCUT2D eigenvalue weighted by Gasteiger charge is -2.11. The van der Waals surface area contributed by atoms with Crippen LogP contribution in [0.25, 0.3) is 0 Å². The van der Waals surface area contributed by atoms with E-state index in [1.54, 1.807) is 50.2 Å². The van der Waals surface area contributed by atoms with Gasteiger partial charge in [-0.25, -0.2) is 12.8 Å². The van der Waals surface area contributed by atoms with Gasteiger partial charge in [-0.1, -0.05) is 29.8 Å². The summed E-state index contributed by atoms with van der Waals surface area (Å²) in [6.07, 6.45) is 0. The predicted molar refractivity (Wildman–Crippen MR) is 92.9 cm³/mol. The zero-order chi connectivity index (χ0) is 17.0. The number of rotatable bonds is 6. The molecule has 0 saturated heterocycles. The van der Waals surface area contributed by atoms with Crippen molar-refractivity contribution in [2.24, 2.45) is 0 Å². The number of hydrogen-bond acceptors (Lipinski definition) is 3. The average Bonchev–Trinajstić information content (AvgIpc) is 2.46. The van der Waals surface area contributed by atoms with Crippen LogP contribution in [0.4, 0.5) is 10.1 Å². The molecular formula is C17H19ClFNO2S. The van der Waals surface area contributed by atoms with Crippen molar-refractivity contribution in [2.45, 2.75) is 31.4 Å². The van der Waals surface area contributed by atoms with Crippen molar-refractivity contribution < 1.29 is 12.8 Å². The van der Waals surface area contributed by atoms with Crippen LogP contribution in [0.15, 0.2) is 42.5 Å². The Bertz CT molecular complexity index is 771. The summed E-state index contributed by atoms with van der Waals surface area (Å²) in [6.45, 7) is 3.56. The minimum absolute atomic E-state index is 0.0133. The van der Waals surface area contributed by atoms with E-state index < -0.39 is 15.1 Å². The lowest BCUT2D eigenvalue weighted by molar-refractivity contribution is 0.586. The summed E-state index contributed by atoms with van der Waals surface area (Å²) in [4.78, 5) is 0. The Balaban J connectivity index is 2.12. The second-order valence-electron chi connectivity index (χ2n) is 5.61. The van der Waals surface area contributed by atoms with Crippen molar-refractivity contribution in [1.82, 2.24) is 0 Å². The van der Waals surface area contributed by atoms with Crippen LogP contribution >= 0.6 is 11.6 Å². The molecule has 0 amide bonds. The van der Waals surface area contributed by atoms with Crippen LogP contribution in [0.5, 0.6) is 0 Å². The number of halogens is 2. The van der Waals surface area contributed by atoms with Crippen molar-refractivity contribution >= 4 is 27.1 Å². The molecule has 0 fully saturated rings. The molecule has 124 valence electrons. The third kappa shape index (κ3) is 4.69. The molecule has 2 aromatic carbocycles. The molecule has 0 spiro atoms. The van der Waals surface area contributed by atoms with E-state index in [-0.39, 0.29) is 18.1 Å². The first kappa shape index (κ1) is 17.8. The van der Waals surface area contributed by atoms with E-state index in [1.165, 1.54) is 6.07 Å². The Hall–Kier alpha value is -1.59. The molecule has 0 saturated carbocycles. The van der Waals surface area contributed by atoms with Gasteiger partial charge in [0.25, 0.3) is 0 Å². The fourth-order valence-corrected chi connectivity index (χ4v) is 3.27. The highest BCUT2D eigenvalue weighted by Gasteiger charge is 2.16. The number of anilines is 1. The number of sulfone groups is 1. The van der Waals surface area contributed by atoms with Crippen molar-refractivity contribution in [2.75, 3.05) is 5.32 Å². The summed E-state index contributed by atoms with van der Waals surface area (Å²) in [7, 11) is -3.16. The number of nitrogens with one attached hydrogen (secondary N) is 1. The molecule has 0 unspecified atom stereocenters. The topological polar surface area (TPSA) is 46.2 Å². The summed E-state index contributed by atoms with van der Waals surface area (Å²) < 4.78 is 37.7. The van der Waals surface area contributed by atoms with Gasteiger partial charge in [0.2, 0.25) is 0 Å². The maximum absolute atomic E-state index is 13.7. The zero-order valence-corrected chi connectivity index (χ0v) is 14.6. The fourth-order valence-electron chi connectivity index (χ4n) is 2.06. The van der Waals surface area contributed by atoms with Gasteiger partial charge in [-0.3, -0.25) is 0 Å². The highest BCUT2D eigenvalue weighted by molar-refractivity contribution is 7.91. The molecule has 0 aliphatic heterocycles. The standard InChI is InChI=1S/C17H19ClFNO2S/c1-12(2)23(21,22)11-13-5-3-6-14(9-13)20-10-15-16(18)7-4-8-17(15)19/h3-9,12,20H,10-11H2,1-2H3. The third-order valence-electron chi connectivity index (χ3n) is 3.54. The fraction of sp³-hybridized carbons (Fsp3) is 0.294. The summed E-state index contributed by atoms with van der Waals surface area (Å²) in [5, 5.41) is 3.02. The minimum Gasteiger partial charge on any atom is -0.381 e. The van der Waals surface area contributed by atoms with E-state index in [9.17, 15) is 12.8 Å². The van der Waals surface area contributed by atoms with E-state index in [0.717, 1.165) is 5.69 Å². The van der Waals surface area contributed by atoms with Crippen molar-refractivity contribution in [3.63, 3.8) is 0 Å². The van der Waals surface area contributed by atoms with Crippen LogP contribution in [-0.2, 0) is 22.1 Å². The van der Waals surface area contributed by atoms with E-state index in [0.29, 0.717) is 16.1 Å². The van der Waals surface area contributed by atoms with Gasteiger partial charge in [-0.05, 0) is 43.7 Å². The maximum atomic E-state index is 13.7. The lowest BCUT2D eigenvalue weighted by Crippen LogP contribution is -2.16. The second kappa shape index (κ2) is 7.32. The van der Waals surface area contributed by atoms with E-state index in [2.05, 4.69) is 5.32 Å². The molecule has 0 radical (unpaired) electrons. The Morgan fingerprint density at radius 1 is 1.17 bits per heavy atom. The summed E-state index contributed by atoms with van der Waals surface area (Å²) in [5.41, 5.74) is 1.80. The van der Waals surface area contributed by atoms with Crippen molar-refractivity contribution in [3.8, 4) is 0 Å². The molecule has 3 nitrogen and oxygen atoms in total. The smallest absolute Gasteiger partial charge is 0.156 e. The Labute approximate surface area is 141 Å². The van der Waals surface area contributed by atoms with Gasteiger partial charge in [0, 0.05) is 22.8 Å². The molecular weight excluding hydrogens is 337 g/mol. The van der Waals surface area contributed by atoms with E-state index in [4.69, 9.17) is 11.6 Å². The zero-order valence-electron chi connectivity index (χ0n) is 13.0. The number of hydrogen-bond donors (Lipinski definition) is 1. The lowest BCUT2D eigenvalue weighted by atomic mass is 10.2. The first-order chi connectivity index (χ1) is 10.8. The van der Waals surface area contributed by atoms with Crippen molar-refractivity contribution in [3.05, 3.63) is 64.4 Å². The largest absolute Gasteiger partial charge is 0.381 e. The predicted octanol–water partition coefficient (Wildman–Crippen LogP) is 4.41. The second-order valence-corrected chi connectivity index (χ2v) is 8.57. The molecule has 0 aliphatic rings. The average molecular weight is 356 g/mol. The highest BCUT2D eigenvalue weighted by Crippen LogP contribution is 2.21. The van der Waals surface area contributed by atoms with Gasteiger partial charge in [-0.2, -0.15) is 0 Å². The molecule has 0 bridgehead atoms. The summed E-state index contributed by atoms with van der Waals surface area (Å²) in [6, 6.07) is 11.6. The van der Waals surface area contributed by atoms with Crippen molar-refractivity contribution in [1.29, 1.82) is 0 Å². The minimum atomic E-state index is -3.16. The Morgan fingerprint density at radius 3 is 2.52 bits per heavy atom. The number of benzene rings is 2. The molecule has 0 aromatic heterocycles. The summed E-state index contributed by atoms with van der Waals surface area (Å²) in [5.74, 6) is -0.385. The molecule has 6 heteroatoms. The Kier molecular flexibility index (Phi) is 5.65. The molecule has 0 aliphatic carbocycles. The maximum Gasteiger partial charge on any atom is 0.156 e. The monoisotopic (exact) mass is 355 g/mol. The Morgan fingerprint density at radius 2 is 1.87 bits per heavy atom. The summed E-state index contributed by atoms with van der Waals surface area (Å²) >= 11 is 5.99. The van der Waals surface area contributed by atoms with Crippen LogP contribution in [-0.4, -0.2) is 13.7 Å². The quantitative estimate of drug-likeness (QED) is 0.834. The van der Waals surface area contributed by atoms with Crippen LogP contribution in [0, 0.1) is 5.82 Å². The molecule has 0 heterocycles. The molecule has 0 atom stereocenters. The third-order valence-corrected chi connectivity index (χ3v) is 6.07. The van der Waals surface area contributed by atoms with Gasteiger partial charge in [0.15, 0.2) is 9.84 Å². The highest BCUT2D eigenvalue weighted by atomic mass is 35.5. The SMILES string of the molecule is CC(C)S(=O)(=O)Cc1cccc(NCc2c(F)cccc2Cl)c1. The van der Waals surface area contributed by atoms with Gasteiger partial charge >= 0.3 is 0 Å². The van der Waals surface area contributed by atoms with Gasteiger partial charge in [0.1, 0.15) is 5.82 Å². The van der Waals surface area contributed by atoms with Crippen LogP contribution in [0.2, 0.25) is 5.02 Å². The van der Waals surface area contributed by atoms with Gasteiger partial charge in [0.05, 0.1) is 11.0 Å². The first-order valence-corrected chi connectivity index (χ1v) is 9.36. The molecule has 2 aromatic rings. The van der Waals surface area contributed by atoms with Crippen LogP contribution in [0.3, 0.4) is 0 Å². The van der Waals surface area contributed by atoms with E-state index in [1.807, 2.05) is 0 Å². The van der Waals surface area contributed by atoms with Gasteiger partial charge < -0.3 is 5.32 Å². The normalized spacial score (nSPS) is 11.7. The van der Waals surface area contributed by atoms with E-state index >= 15 is 0 Å². The van der Waals surface area contributed by atoms with Gasteiger partial charge in [-0.15, -0.1) is 0 Å². The van der Waals surface area contributed by atoms with Crippen LogP contribution in [0.1, 0.15) is 25.0 Å². The molecule has 23 heavy (non-hydrogen) atoms.